The Balaban J connectivity index is 0.000000160. The van der Waals surface area contributed by atoms with Gasteiger partial charge in [0.05, 0.1) is 7.11 Å². The Morgan fingerprint density at radius 3 is 2.24 bits per heavy atom. The van der Waals surface area contributed by atoms with E-state index < -0.39 is 5.82 Å². The predicted octanol–water partition coefficient (Wildman–Crippen LogP) is 7.52. The molecule has 2 aromatic rings. The van der Waals surface area contributed by atoms with Crippen LogP contribution in [0, 0.1) is 18.6 Å². The highest BCUT2D eigenvalue weighted by Gasteiger charge is 2.08. The predicted molar refractivity (Wildman–Crippen MR) is 117 cm³/mol. The molecule has 2 aromatic carbocycles. The zero-order valence-corrected chi connectivity index (χ0v) is 17.8. The van der Waals surface area contributed by atoms with Crippen LogP contribution in [0.5, 0.6) is 5.75 Å². The number of allylic oxidation sites excluding steroid dienone is 4. The zero-order chi connectivity index (χ0) is 21.1. The van der Waals surface area contributed by atoms with Gasteiger partial charge in [-0.3, -0.25) is 0 Å². The molecular weight excluding hydrogens is 366 g/mol. The Morgan fingerprint density at radius 2 is 1.69 bits per heavy atom. The van der Waals surface area contributed by atoms with Crippen molar-refractivity contribution in [1.82, 2.24) is 0 Å². The number of halogens is 2. The molecule has 1 nitrogen and oxygen atoms in total. The second kappa shape index (κ2) is 12.2. The van der Waals surface area contributed by atoms with Crippen LogP contribution in [0.15, 0.2) is 60.2 Å². The van der Waals surface area contributed by atoms with Crippen LogP contribution in [0.2, 0.25) is 0 Å². The van der Waals surface area contributed by atoms with E-state index in [0.29, 0.717) is 5.56 Å². The molecule has 0 heterocycles. The zero-order valence-electron chi connectivity index (χ0n) is 17.8. The van der Waals surface area contributed by atoms with E-state index in [1.807, 2.05) is 0 Å². The normalized spacial score (nSPS) is 14.4. The summed E-state index contributed by atoms with van der Waals surface area (Å²) in [4.78, 5) is 0. The molecule has 0 radical (unpaired) electrons. The summed E-state index contributed by atoms with van der Waals surface area (Å²) in [5.74, 6) is 0.237. The SMILES string of the molecule is CCC1=CC=CCC1.COc1ccc2c(c1)CCCC2.Cc1cc(F)ccc1F. The minimum atomic E-state index is -0.395. The van der Waals surface area contributed by atoms with Crippen molar-refractivity contribution >= 4 is 0 Å². The van der Waals surface area contributed by atoms with Crippen molar-refractivity contribution in [2.24, 2.45) is 0 Å². The van der Waals surface area contributed by atoms with E-state index in [2.05, 4.69) is 43.4 Å². The number of hydrogen-bond donors (Lipinski definition) is 0. The van der Waals surface area contributed by atoms with E-state index in [0.717, 1.165) is 23.9 Å². The van der Waals surface area contributed by atoms with E-state index >= 15 is 0 Å². The van der Waals surface area contributed by atoms with Gasteiger partial charge in [0, 0.05) is 0 Å². The van der Waals surface area contributed by atoms with Gasteiger partial charge >= 0.3 is 0 Å². The third-order valence-corrected chi connectivity index (χ3v) is 5.23. The van der Waals surface area contributed by atoms with Gasteiger partial charge in [-0.25, -0.2) is 8.78 Å². The first-order valence-electron chi connectivity index (χ1n) is 10.5. The van der Waals surface area contributed by atoms with Crippen molar-refractivity contribution in [3.8, 4) is 5.75 Å². The maximum Gasteiger partial charge on any atom is 0.126 e. The van der Waals surface area contributed by atoms with E-state index in [4.69, 9.17) is 4.74 Å². The molecule has 0 aromatic heterocycles. The van der Waals surface area contributed by atoms with Crippen molar-refractivity contribution in [1.29, 1.82) is 0 Å². The maximum absolute atomic E-state index is 12.3. The first-order valence-corrected chi connectivity index (χ1v) is 10.5. The lowest BCUT2D eigenvalue weighted by molar-refractivity contribution is 0.413. The highest BCUT2D eigenvalue weighted by Crippen LogP contribution is 2.24. The van der Waals surface area contributed by atoms with Gasteiger partial charge in [-0.2, -0.15) is 0 Å². The molecule has 3 heteroatoms. The van der Waals surface area contributed by atoms with Crippen LogP contribution in [0.1, 0.15) is 55.7 Å². The average molecular weight is 399 g/mol. The van der Waals surface area contributed by atoms with Crippen molar-refractivity contribution in [3.63, 3.8) is 0 Å². The lowest BCUT2D eigenvalue weighted by Gasteiger charge is -2.15. The number of benzene rings is 2. The molecule has 0 saturated heterocycles. The van der Waals surface area contributed by atoms with E-state index in [1.165, 1.54) is 63.0 Å². The van der Waals surface area contributed by atoms with Crippen molar-refractivity contribution < 1.29 is 13.5 Å². The first kappa shape index (κ1) is 22.9. The van der Waals surface area contributed by atoms with Gasteiger partial charge in [-0.15, -0.1) is 0 Å². The molecule has 156 valence electrons. The van der Waals surface area contributed by atoms with Crippen LogP contribution >= 0.6 is 0 Å². The molecule has 0 atom stereocenters. The Morgan fingerprint density at radius 1 is 0.931 bits per heavy atom. The maximum atomic E-state index is 12.3. The lowest BCUT2D eigenvalue weighted by atomic mass is 9.92. The van der Waals surface area contributed by atoms with Crippen LogP contribution in [0.25, 0.3) is 0 Å². The number of methoxy groups -OCH3 is 1. The molecule has 4 rings (SSSR count). The molecule has 0 amide bonds. The summed E-state index contributed by atoms with van der Waals surface area (Å²) >= 11 is 0. The summed E-state index contributed by atoms with van der Waals surface area (Å²) in [6, 6.07) is 9.81. The Kier molecular flexibility index (Phi) is 9.63. The van der Waals surface area contributed by atoms with E-state index in [-0.39, 0.29) is 5.82 Å². The first-order chi connectivity index (χ1) is 14.0. The second-order valence-electron chi connectivity index (χ2n) is 7.38. The third-order valence-electron chi connectivity index (χ3n) is 5.23. The highest BCUT2D eigenvalue weighted by molar-refractivity contribution is 5.36. The number of fused-ring (bicyclic) bond motifs is 1. The van der Waals surface area contributed by atoms with Crippen molar-refractivity contribution in [3.05, 3.63) is 88.5 Å². The summed E-state index contributed by atoms with van der Waals surface area (Å²) in [6.45, 7) is 3.74. The van der Waals surface area contributed by atoms with Crippen LogP contribution in [-0.2, 0) is 12.8 Å². The Bertz CT molecular complexity index is 837. The molecular formula is C26H32F2O. The molecule has 2 aliphatic rings. The second-order valence-corrected chi connectivity index (χ2v) is 7.38. The van der Waals surface area contributed by atoms with E-state index in [9.17, 15) is 8.78 Å². The standard InChI is InChI=1S/C11H14O.C8H12.C7H6F2/c1-12-11-7-6-9-4-2-3-5-10(9)8-11;1-2-8-6-4-3-5-7-8;1-5-4-6(8)2-3-7(5)9/h6-8H,2-5H2,1H3;3-4,6H,2,5,7H2,1H3;2-4H,1H3. The molecule has 0 spiro atoms. The summed E-state index contributed by atoms with van der Waals surface area (Å²) < 4.78 is 29.7. The summed E-state index contributed by atoms with van der Waals surface area (Å²) in [6.07, 6.45) is 15.5. The van der Waals surface area contributed by atoms with Gasteiger partial charge in [0.1, 0.15) is 17.4 Å². The fourth-order valence-corrected chi connectivity index (χ4v) is 3.39. The number of aryl methyl sites for hydroxylation is 3. The van der Waals surface area contributed by atoms with Gasteiger partial charge in [0.15, 0.2) is 0 Å². The lowest BCUT2D eigenvalue weighted by Crippen LogP contribution is -2.02. The quantitative estimate of drug-likeness (QED) is 0.508. The van der Waals surface area contributed by atoms with E-state index in [1.54, 1.807) is 12.7 Å². The number of rotatable bonds is 2. The van der Waals surface area contributed by atoms with Crippen LogP contribution in [0.4, 0.5) is 8.78 Å². The smallest absolute Gasteiger partial charge is 0.126 e. The number of ether oxygens (including phenoxy) is 1. The molecule has 29 heavy (non-hydrogen) atoms. The van der Waals surface area contributed by atoms with Crippen LogP contribution in [0.3, 0.4) is 0 Å². The van der Waals surface area contributed by atoms with Gasteiger partial charge in [0.2, 0.25) is 0 Å². The van der Waals surface area contributed by atoms with Crippen LogP contribution < -0.4 is 4.74 Å². The average Bonchev–Trinajstić information content (AvgIpc) is 2.77. The van der Waals surface area contributed by atoms with Gasteiger partial charge < -0.3 is 4.74 Å². The molecule has 2 aliphatic carbocycles. The molecule has 0 bridgehead atoms. The molecule has 0 fully saturated rings. The van der Waals surface area contributed by atoms with Gasteiger partial charge in [0.25, 0.3) is 0 Å². The monoisotopic (exact) mass is 398 g/mol. The summed E-state index contributed by atoms with van der Waals surface area (Å²) in [5, 5.41) is 0. The van der Waals surface area contributed by atoms with Crippen molar-refractivity contribution in [2.45, 2.75) is 58.8 Å². The minimum absolute atomic E-state index is 0.343. The fraction of sp³-hybridized carbons (Fsp3) is 0.385. The van der Waals surface area contributed by atoms with Crippen LogP contribution in [-0.4, -0.2) is 7.11 Å². The molecule has 0 unspecified atom stereocenters. The Labute approximate surface area is 174 Å². The molecule has 0 saturated carbocycles. The third kappa shape index (κ3) is 7.84. The number of hydrogen-bond acceptors (Lipinski definition) is 1. The molecule has 0 N–H and O–H groups in total. The summed E-state index contributed by atoms with van der Waals surface area (Å²) in [5.41, 5.74) is 4.94. The van der Waals surface area contributed by atoms with Gasteiger partial charge in [-0.05, 0) is 98.9 Å². The molecule has 0 aliphatic heterocycles. The largest absolute Gasteiger partial charge is 0.497 e. The fourth-order valence-electron chi connectivity index (χ4n) is 3.39. The topological polar surface area (TPSA) is 9.23 Å². The Hall–Kier alpha value is -2.42. The minimum Gasteiger partial charge on any atom is -0.497 e. The highest BCUT2D eigenvalue weighted by atomic mass is 19.1. The van der Waals surface area contributed by atoms with Crippen molar-refractivity contribution in [2.75, 3.05) is 7.11 Å². The summed E-state index contributed by atoms with van der Waals surface area (Å²) in [7, 11) is 1.73. The van der Waals surface area contributed by atoms with Gasteiger partial charge in [-0.1, -0.05) is 36.8 Å².